The van der Waals surface area contributed by atoms with Gasteiger partial charge in [-0.3, -0.25) is 0 Å². The van der Waals surface area contributed by atoms with Gasteiger partial charge in [0.25, 0.3) is 5.95 Å². The van der Waals surface area contributed by atoms with Gasteiger partial charge in [-0.25, -0.2) is 14.5 Å². The van der Waals surface area contributed by atoms with Crippen molar-refractivity contribution in [3.05, 3.63) is 30.2 Å². The fourth-order valence-electron chi connectivity index (χ4n) is 1.25. The van der Waals surface area contributed by atoms with E-state index in [4.69, 9.17) is 10.5 Å². The molecule has 0 bridgehead atoms. The molecule has 7 heteroatoms. The van der Waals surface area contributed by atoms with E-state index in [1.807, 2.05) is 0 Å². The molecule has 0 atom stereocenters. The average Bonchev–Trinajstić information content (AvgIpc) is 2.82. The molecule has 2 heterocycles. The molecule has 2 rings (SSSR count). The highest BCUT2D eigenvalue weighted by atomic mass is 16.5. The average molecular weight is 233 g/mol. The molecule has 7 nitrogen and oxygen atoms in total. The number of nitrogens with zero attached hydrogens (tertiary/aromatic N) is 4. The monoisotopic (exact) mass is 233 g/mol. The summed E-state index contributed by atoms with van der Waals surface area (Å²) in [6.45, 7) is 1.99. The second-order valence-electron chi connectivity index (χ2n) is 3.14. The van der Waals surface area contributed by atoms with Gasteiger partial charge in [0.05, 0.1) is 6.61 Å². The van der Waals surface area contributed by atoms with Gasteiger partial charge in [-0.2, -0.15) is 10.1 Å². The van der Waals surface area contributed by atoms with E-state index in [2.05, 4.69) is 15.1 Å². The van der Waals surface area contributed by atoms with E-state index in [9.17, 15) is 4.79 Å². The minimum Gasteiger partial charge on any atom is -0.462 e. The summed E-state index contributed by atoms with van der Waals surface area (Å²) in [5.74, 6) is -0.151. The molecule has 2 aromatic heterocycles. The van der Waals surface area contributed by atoms with E-state index < -0.39 is 5.97 Å². The second-order valence-corrected chi connectivity index (χ2v) is 3.14. The van der Waals surface area contributed by atoms with E-state index in [0.29, 0.717) is 5.95 Å². The van der Waals surface area contributed by atoms with E-state index in [1.54, 1.807) is 25.4 Å². The highest BCUT2D eigenvalue weighted by Crippen LogP contribution is 2.10. The van der Waals surface area contributed by atoms with Gasteiger partial charge in [-0.1, -0.05) is 0 Å². The minimum absolute atomic E-state index is 0.0731. The minimum atomic E-state index is -0.531. The Morgan fingerprint density at radius 1 is 1.59 bits per heavy atom. The van der Waals surface area contributed by atoms with E-state index in [0.717, 1.165) is 0 Å². The largest absolute Gasteiger partial charge is 0.462 e. The molecule has 0 aliphatic carbocycles. The third-order valence-corrected chi connectivity index (χ3v) is 2.01. The van der Waals surface area contributed by atoms with Crippen LogP contribution in [-0.2, 0) is 4.74 Å². The van der Waals surface area contributed by atoms with E-state index in [1.165, 1.54) is 10.9 Å². The first-order valence-electron chi connectivity index (χ1n) is 5.02. The number of rotatable bonds is 3. The number of carbonyl (C=O) groups is 1. The fourth-order valence-corrected chi connectivity index (χ4v) is 1.25. The van der Waals surface area contributed by atoms with Crippen molar-refractivity contribution < 1.29 is 9.53 Å². The Morgan fingerprint density at radius 2 is 2.41 bits per heavy atom. The van der Waals surface area contributed by atoms with Crippen LogP contribution in [0.25, 0.3) is 5.95 Å². The summed E-state index contributed by atoms with van der Waals surface area (Å²) in [5.41, 5.74) is 5.82. The smallest absolute Gasteiger partial charge is 0.343 e. The molecule has 0 aromatic carbocycles. The topological polar surface area (TPSA) is 95.9 Å². The van der Waals surface area contributed by atoms with Gasteiger partial charge in [0, 0.05) is 18.6 Å². The van der Waals surface area contributed by atoms with E-state index >= 15 is 0 Å². The number of hydrogen-bond acceptors (Lipinski definition) is 6. The summed E-state index contributed by atoms with van der Waals surface area (Å²) >= 11 is 0. The van der Waals surface area contributed by atoms with Crippen LogP contribution < -0.4 is 5.73 Å². The molecule has 0 aliphatic rings. The zero-order chi connectivity index (χ0) is 12.3. The van der Waals surface area contributed by atoms with Crippen LogP contribution in [0.4, 0.5) is 5.82 Å². The Labute approximate surface area is 97.2 Å². The molecule has 0 radical (unpaired) electrons. The van der Waals surface area contributed by atoms with Crippen LogP contribution in [0, 0.1) is 0 Å². The number of carbonyl (C=O) groups excluding carboxylic acids is 1. The van der Waals surface area contributed by atoms with Crippen LogP contribution in [0.3, 0.4) is 0 Å². The number of anilines is 1. The first-order valence-corrected chi connectivity index (χ1v) is 5.02. The summed E-state index contributed by atoms with van der Waals surface area (Å²) in [4.78, 5) is 19.4. The molecule has 0 saturated carbocycles. The molecule has 2 aromatic rings. The first-order chi connectivity index (χ1) is 8.22. The lowest BCUT2D eigenvalue weighted by molar-refractivity contribution is 0.0526. The van der Waals surface area contributed by atoms with Crippen LogP contribution >= 0.6 is 0 Å². The Balaban J connectivity index is 2.32. The maximum atomic E-state index is 11.5. The van der Waals surface area contributed by atoms with Crippen molar-refractivity contribution in [1.29, 1.82) is 0 Å². The standard InChI is InChI=1S/C10H11N5O2/c1-2-17-9(16)7-6-12-10(14-8(7)11)15-5-3-4-13-15/h3-6H,2H2,1H3,(H2,11,12,14). The summed E-state index contributed by atoms with van der Waals surface area (Å²) in [7, 11) is 0. The number of aromatic nitrogens is 4. The van der Waals surface area contributed by atoms with Gasteiger partial charge in [0.15, 0.2) is 0 Å². The van der Waals surface area contributed by atoms with Crippen molar-refractivity contribution in [1.82, 2.24) is 19.7 Å². The summed E-state index contributed by atoms with van der Waals surface area (Å²) in [6.07, 6.45) is 4.61. The van der Waals surface area contributed by atoms with Gasteiger partial charge >= 0.3 is 5.97 Å². The highest BCUT2D eigenvalue weighted by molar-refractivity contribution is 5.93. The van der Waals surface area contributed by atoms with Gasteiger partial charge < -0.3 is 10.5 Å². The number of nitrogens with two attached hydrogens (primary N) is 1. The number of nitrogen functional groups attached to an aromatic ring is 1. The highest BCUT2D eigenvalue weighted by Gasteiger charge is 2.14. The molecule has 0 saturated heterocycles. The molecule has 17 heavy (non-hydrogen) atoms. The van der Waals surface area contributed by atoms with Crippen LogP contribution in [-0.4, -0.2) is 32.3 Å². The lowest BCUT2D eigenvalue weighted by Crippen LogP contribution is -2.12. The number of esters is 1. The molecule has 0 fully saturated rings. The van der Waals surface area contributed by atoms with Crippen LogP contribution in [0.5, 0.6) is 0 Å². The molecule has 0 unspecified atom stereocenters. The zero-order valence-corrected chi connectivity index (χ0v) is 9.20. The maximum absolute atomic E-state index is 11.5. The van der Waals surface area contributed by atoms with Crippen molar-refractivity contribution in [3.8, 4) is 5.95 Å². The molecule has 0 amide bonds. The molecule has 0 spiro atoms. The first kappa shape index (κ1) is 11.1. The predicted octanol–water partition coefficient (Wildman–Crippen LogP) is 0.421. The number of ether oxygens (including phenoxy) is 1. The lowest BCUT2D eigenvalue weighted by Gasteiger charge is -2.05. The van der Waals surface area contributed by atoms with Gasteiger partial charge in [0.1, 0.15) is 11.4 Å². The Hall–Kier alpha value is -2.44. The van der Waals surface area contributed by atoms with Crippen LogP contribution in [0.2, 0.25) is 0 Å². The van der Waals surface area contributed by atoms with Crippen molar-refractivity contribution in [2.24, 2.45) is 0 Å². The SMILES string of the molecule is CCOC(=O)c1cnc(-n2cccn2)nc1N. The Morgan fingerprint density at radius 3 is 3.00 bits per heavy atom. The normalized spacial score (nSPS) is 10.2. The summed E-state index contributed by atoms with van der Waals surface area (Å²) in [6, 6.07) is 1.73. The fraction of sp³-hybridized carbons (Fsp3) is 0.200. The Bertz CT molecular complexity index is 523. The third kappa shape index (κ3) is 2.22. The van der Waals surface area contributed by atoms with E-state index in [-0.39, 0.29) is 18.0 Å². The van der Waals surface area contributed by atoms with Crippen molar-refractivity contribution in [2.75, 3.05) is 12.3 Å². The van der Waals surface area contributed by atoms with Gasteiger partial charge in [-0.05, 0) is 13.0 Å². The molecule has 88 valence electrons. The Kier molecular flexibility index (Phi) is 2.99. The zero-order valence-electron chi connectivity index (χ0n) is 9.20. The molecule has 2 N–H and O–H groups in total. The predicted molar refractivity (Wildman–Crippen MR) is 59.5 cm³/mol. The van der Waals surface area contributed by atoms with Crippen molar-refractivity contribution in [2.45, 2.75) is 6.92 Å². The van der Waals surface area contributed by atoms with Crippen LogP contribution in [0.1, 0.15) is 17.3 Å². The molecular weight excluding hydrogens is 222 g/mol. The van der Waals surface area contributed by atoms with Gasteiger partial charge in [-0.15, -0.1) is 0 Å². The molecular formula is C10H11N5O2. The summed E-state index contributed by atoms with van der Waals surface area (Å²) < 4.78 is 6.27. The third-order valence-electron chi connectivity index (χ3n) is 2.01. The van der Waals surface area contributed by atoms with Crippen molar-refractivity contribution >= 4 is 11.8 Å². The molecule has 0 aliphatic heterocycles. The van der Waals surface area contributed by atoms with Crippen molar-refractivity contribution in [3.63, 3.8) is 0 Å². The van der Waals surface area contributed by atoms with Crippen LogP contribution in [0.15, 0.2) is 24.7 Å². The lowest BCUT2D eigenvalue weighted by atomic mass is 10.3. The maximum Gasteiger partial charge on any atom is 0.343 e. The second kappa shape index (κ2) is 4.60. The quantitative estimate of drug-likeness (QED) is 0.772. The van der Waals surface area contributed by atoms with Gasteiger partial charge in [0.2, 0.25) is 0 Å². The summed E-state index contributed by atoms with van der Waals surface area (Å²) in [5, 5.41) is 3.96. The number of hydrogen-bond donors (Lipinski definition) is 1.